The minimum absolute atomic E-state index is 0.715. The number of aromatic amines is 2. The van der Waals surface area contributed by atoms with Gasteiger partial charge in [0.15, 0.2) is 0 Å². The van der Waals surface area contributed by atoms with Crippen LogP contribution in [0.4, 0.5) is 0 Å². The first-order valence-corrected chi connectivity index (χ1v) is 9.27. The smallest absolute Gasteiger partial charge is 0.109 e. The highest BCUT2D eigenvalue weighted by molar-refractivity contribution is 5.10. The summed E-state index contributed by atoms with van der Waals surface area (Å²) in [5.41, 5.74) is 3.68. The van der Waals surface area contributed by atoms with Gasteiger partial charge < -0.3 is 9.97 Å². The molecule has 23 heavy (non-hydrogen) atoms. The molecule has 2 aromatic rings. The Kier molecular flexibility index (Phi) is 7.37. The van der Waals surface area contributed by atoms with Gasteiger partial charge >= 0.3 is 0 Å². The maximum absolute atomic E-state index is 4.48. The summed E-state index contributed by atoms with van der Waals surface area (Å²) in [6, 6.07) is 0. The van der Waals surface area contributed by atoms with Crippen molar-refractivity contribution in [1.29, 1.82) is 0 Å². The Morgan fingerprint density at radius 1 is 1.13 bits per heavy atom. The number of hydrogen-bond donors (Lipinski definition) is 2. The number of aromatic nitrogens is 4. The van der Waals surface area contributed by atoms with Crippen molar-refractivity contribution in [3.63, 3.8) is 0 Å². The van der Waals surface area contributed by atoms with Gasteiger partial charge in [-0.2, -0.15) is 0 Å². The monoisotopic (exact) mass is 316 g/mol. The second-order valence-electron chi connectivity index (χ2n) is 6.55. The number of rotatable bonds is 5. The first-order valence-electron chi connectivity index (χ1n) is 9.27. The number of H-pyrrole nitrogens is 2. The number of hydrogen-bond acceptors (Lipinski definition) is 2. The number of nitrogens with zero attached hydrogens (tertiary/aromatic N) is 2. The van der Waals surface area contributed by atoms with Crippen LogP contribution in [-0.4, -0.2) is 19.9 Å². The van der Waals surface area contributed by atoms with Crippen LogP contribution < -0.4 is 0 Å². The molecule has 1 saturated carbocycles. The second kappa shape index (κ2) is 9.53. The van der Waals surface area contributed by atoms with Gasteiger partial charge in [-0.25, -0.2) is 9.97 Å². The molecule has 1 aliphatic rings. The van der Waals surface area contributed by atoms with Gasteiger partial charge in [-0.1, -0.05) is 39.5 Å². The van der Waals surface area contributed by atoms with Crippen LogP contribution in [0.15, 0.2) is 12.5 Å². The Hall–Kier alpha value is -1.58. The fraction of sp³-hybridized carbons (Fsp3) is 0.684. The van der Waals surface area contributed by atoms with Crippen LogP contribution in [-0.2, 0) is 12.8 Å². The summed E-state index contributed by atoms with van der Waals surface area (Å²) in [5, 5.41) is 0. The van der Waals surface area contributed by atoms with E-state index in [1.165, 1.54) is 62.2 Å². The predicted octanol–water partition coefficient (Wildman–Crippen LogP) is 5.08. The van der Waals surface area contributed by atoms with Gasteiger partial charge in [0, 0.05) is 17.8 Å². The summed E-state index contributed by atoms with van der Waals surface area (Å²) in [4.78, 5) is 15.2. The molecule has 0 bridgehead atoms. The van der Waals surface area contributed by atoms with E-state index >= 15 is 0 Å². The molecule has 0 amide bonds. The highest BCUT2D eigenvalue weighted by Crippen LogP contribution is 2.30. The van der Waals surface area contributed by atoms with Crippen LogP contribution in [0.25, 0.3) is 0 Å². The van der Waals surface area contributed by atoms with E-state index in [9.17, 15) is 0 Å². The lowest BCUT2D eigenvalue weighted by molar-refractivity contribution is 0.430. The molecule has 0 aliphatic heterocycles. The molecule has 2 aromatic heterocycles. The van der Waals surface area contributed by atoms with Crippen LogP contribution in [0.5, 0.6) is 0 Å². The Bertz CT molecular complexity index is 549. The van der Waals surface area contributed by atoms with E-state index < -0.39 is 0 Å². The first-order chi connectivity index (χ1) is 11.2. The third-order valence-electron chi connectivity index (χ3n) is 4.65. The summed E-state index contributed by atoms with van der Waals surface area (Å²) in [6.45, 7) is 6.41. The number of nitrogens with one attached hydrogen (secondary N) is 2. The minimum Gasteiger partial charge on any atom is -0.348 e. The van der Waals surface area contributed by atoms with Crippen LogP contribution in [0.2, 0.25) is 0 Å². The van der Waals surface area contributed by atoms with Crippen LogP contribution >= 0.6 is 0 Å². The van der Waals surface area contributed by atoms with Crippen molar-refractivity contribution in [3.05, 3.63) is 35.4 Å². The summed E-state index contributed by atoms with van der Waals surface area (Å²) >= 11 is 0. The molecular formula is C19H32N4. The molecule has 2 heterocycles. The molecule has 1 fully saturated rings. The summed E-state index contributed by atoms with van der Waals surface area (Å²) in [7, 11) is 0. The normalized spacial score (nSPS) is 15.3. The van der Waals surface area contributed by atoms with Gasteiger partial charge in [0.2, 0.25) is 0 Å². The van der Waals surface area contributed by atoms with Crippen molar-refractivity contribution >= 4 is 0 Å². The average molecular weight is 316 g/mol. The Morgan fingerprint density at radius 3 is 2.52 bits per heavy atom. The molecular weight excluding hydrogens is 284 g/mol. The molecule has 128 valence electrons. The molecule has 4 nitrogen and oxygen atoms in total. The summed E-state index contributed by atoms with van der Waals surface area (Å²) in [5.74, 6) is 1.93. The van der Waals surface area contributed by atoms with E-state index in [4.69, 9.17) is 0 Å². The Balaban J connectivity index is 0.000000168. The number of imidazole rings is 2. The SMILES string of the molecule is CCCCc1nc[nH]c1CC.Cc1c[nH]c(C2CCCCC2)n1. The Labute approximate surface area is 140 Å². The second-order valence-corrected chi connectivity index (χ2v) is 6.55. The van der Waals surface area contributed by atoms with Crippen molar-refractivity contribution in [1.82, 2.24) is 19.9 Å². The largest absolute Gasteiger partial charge is 0.348 e. The van der Waals surface area contributed by atoms with Crippen molar-refractivity contribution in [3.8, 4) is 0 Å². The molecule has 3 rings (SSSR count). The van der Waals surface area contributed by atoms with Gasteiger partial charge in [-0.3, -0.25) is 0 Å². The lowest BCUT2D eigenvalue weighted by Crippen LogP contribution is -2.05. The minimum atomic E-state index is 0.715. The highest BCUT2D eigenvalue weighted by atomic mass is 14.9. The van der Waals surface area contributed by atoms with Crippen molar-refractivity contribution in [2.45, 2.75) is 84.5 Å². The van der Waals surface area contributed by atoms with Crippen molar-refractivity contribution in [2.75, 3.05) is 0 Å². The van der Waals surface area contributed by atoms with E-state index in [0.717, 1.165) is 18.5 Å². The first kappa shape index (κ1) is 17.8. The third-order valence-corrected chi connectivity index (χ3v) is 4.65. The van der Waals surface area contributed by atoms with Crippen molar-refractivity contribution < 1.29 is 0 Å². The molecule has 4 heteroatoms. The van der Waals surface area contributed by atoms with E-state index in [0.29, 0.717) is 5.92 Å². The molecule has 2 N–H and O–H groups in total. The lowest BCUT2D eigenvalue weighted by atomic mass is 9.89. The van der Waals surface area contributed by atoms with Crippen LogP contribution in [0, 0.1) is 6.92 Å². The molecule has 0 saturated heterocycles. The van der Waals surface area contributed by atoms with Crippen LogP contribution in [0.1, 0.15) is 87.6 Å². The van der Waals surface area contributed by atoms with E-state index in [1.54, 1.807) is 6.33 Å². The van der Waals surface area contributed by atoms with Gasteiger partial charge in [0.05, 0.1) is 17.7 Å². The summed E-state index contributed by atoms with van der Waals surface area (Å²) in [6.07, 6.45) is 15.3. The predicted molar refractivity (Wildman–Crippen MR) is 95.7 cm³/mol. The van der Waals surface area contributed by atoms with Crippen LogP contribution in [0.3, 0.4) is 0 Å². The molecule has 1 aliphatic carbocycles. The molecule has 0 radical (unpaired) electrons. The lowest BCUT2D eigenvalue weighted by Gasteiger charge is -2.18. The van der Waals surface area contributed by atoms with E-state index in [2.05, 4.69) is 33.8 Å². The fourth-order valence-electron chi connectivity index (χ4n) is 3.23. The maximum Gasteiger partial charge on any atom is 0.109 e. The standard InChI is InChI=1S/C10H16N2.C9H16N2/c1-8-7-11-10(12-8)9-5-3-2-4-6-9;1-3-5-6-9-8(4-2)10-7-11-9/h7,9H,2-6H2,1H3,(H,11,12);7H,3-6H2,1-2H3,(H,10,11). The summed E-state index contributed by atoms with van der Waals surface area (Å²) < 4.78 is 0. The van der Waals surface area contributed by atoms with Gasteiger partial charge in [0.25, 0.3) is 0 Å². The van der Waals surface area contributed by atoms with E-state index in [1.807, 2.05) is 13.1 Å². The topological polar surface area (TPSA) is 57.4 Å². The molecule has 0 atom stereocenters. The molecule has 0 unspecified atom stereocenters. The van der Waals surface area contributed by atoms with Gasteiger partial charge in [0.1, 0.15) is 5.82 Å². The zero-order chi connectivity index (χ0) is 16.5. The van der Waals surface area contributed by atoms with Gasteiger partial charge in [-0.05, 0) is 39.0 Å². The zero-order valence-electron chi connectivity index (χ0n) is 15.0. The molecule has 0 spiro atoms. The highest BCUT2D eigenvalue weighted by Gasteiger charge is 2.17. The average Bonchev–Trinajstić information content (AvgIpc) is 3.23. The number of unbranched alkanes of at least 4 members (excludes halogenated alkanes) is 1. The third kappa shape index (κ3) is 5.52. The fourth-order valence-corrected chi connectivity index (χ4v) is 3.23. The van der Waals surface area contributed by atoms with Gasteiger partial charge in [-0.15, -0.1) is 0 Å². The maximum atomic E-state index is 4.48. The Morgan fingerprint density at radius 2 is 1.91 bits per heavy atom. The van der Waals surface area contributed by atoms with Crippen molar-refractivity contribution in [2.24, 2.45) is 0 Å². The number of aryl methyl sites for hydroxylation is 3. The zero-order valence-corrected chi connectivity index (χ0v) is 15.0. The molecule has 0 aromatic carbocycles. The quantitative estimate of drug-likeness (QED) is 0.808. The van der Waals surface area contributed by atoms with E-state index in [-0.39, 0.29) is 0 Å².